The van der Waals surface area contributed by atoms with Crippen LogP contribution in [0.3, 0.4) is 0 Å². The van der Waals surface area contributed by atoms with Crippen LogP contribution < -0.4 is 10.5 Å². The Balaban J connectivity index is 1.59. The molecule has 0 atom stereocenters. The van der Waals surface area contributed by atoms with Gasteiger partial charge in [-0.15, -0.1) is 0 Å². The van der Waals surface area contributed by atoms with Gasteiger partial charge in [-0.05, 0) is 48.7 Å². The number of hydrogen-bond acceptors (Lipinski definition) is 5. The first kappa shape index (κ1) is 23.7. The van der Waals surface area contributed by atoms with Gasteiger partial charge in [0.1, 0.15) is 0 Å². The number of H-pyrrole nitrogens is 1. The molecule has 0 unspecified atom stereocenters. The highest BCUT2D eigenvalue weighted by molar-refractivity contribution is 6.06. The van der Waals surface area contributed by atoms with Crippen LogP contribution in [0.25, 0.3) is 5.78 Å². The quantitative estimate of drug-likeness (QED) is 0.383. The van der Waals surface area contributed by atoms with Crippen molar-refractivity contribution in [2.75, 3.05) is 4.90 Å². The van der Waals surface area contributed by atoms with E-state index in [2.05, 4.69) is 21.1 Å². The fourth-order valence-electron chi connectivity index (χ4n) is 4.24. The number of amides is 1. The molecule has 0 saturated heterocycles. The van der Waals surface area contributed by atoms with E-state index in [0.717, 1.165) is 16.7 Å². The lowest BCUT2D eigenvalue weighted by Gasteiger charge is -2.21. The Morgan fingerprint density at radius 3 is 2.35 bits per heavy atom. The molecular weight excluding hydrogens is 464 g/mol. The maximum atomic E-state index is 13.7. The van der Waals surface area contributed by atoms with E-state index in [4.69, 9.17) is 5.26 Å². The van der Waals surface area contributed by atoms with E-state index in [9.17, 15) is 9.59 Å². The van der Waals surface area contributed by atoms with Crippen LogP contribution >= 0.6 is 0 Å². The number of carbonyl (C=O) groups is 1. The zero-order valence-corrected chi connectivity index (χ0v) is 20.5. The maximum absolute atomic E-state index is 13.7. The van der Waals surface area contributed by atoms with Gasteiger partial charge in [-0.3, -0.25) is 19.6 Å². The standard InChI is InChI=1S/C29H24N6O2/c1-19-8-6-7-11-24(19)26(36)34(18-23-14-12-22(17-30)13-15-23)29-32-28-31-20(2)25(27(37)35(28)33-29)16-21-9-4-3-5-10-21/h3-15H,16,18H2,1-2H3,(H,31,32,33). The largest absolute Gasteiger partial charge is 0.277 e. The molecule has 1 N–H and O–H groups in total. The minimum Gasteiger partial charge on any atom is -0.272 e. The SMILES string of the molecule is Cc1ccccc1C(=O)N(Cc1ccc(C#N)cc1)c1nc2nc(C)c(Cc3ccccc3)c(=O)n2[nH]1. The van der Waals surface area contributed by atoms with E-state index in [1.54, 1.807) is 37.3 Å². The average Bonchev–Trinajstić information content (AvgIpc) is 3.34. The van der Waals surface area contributed by atoms with Crippen molar-refractivity contribution in [3.8, 4) is 6.07 Å². The molecule has 182 valence electrons. The molecular formula is C29H24N6O2. The number of fused-ring (bicyclic) bond motifs is 1. The molecule has 0 spiro atoms. The van der Waals surface area contributed by atoms with Crippen molar-refractivity contribution in [1.29, 1.82) is 5.26 Å². The summed E-state index contributed by atoms with van der Waals surface area (Å²) in [6.45, 7) is 3.85. The Bertz CT molecular complexity index is 1700. The maximum Gasteiger partial charge on any atom is 0.277 e. The summed E-state index contributed by atoms with van der Waals surface area (Å²) in [7, 11) is 0. The zero-order valence-electron chi connectivity index (χ0n) is 20.5. The molecule has 0 fully saturated rings. The third-order valence-electron chi connectivity index (χ3n) is 6.31. The van der Waals surface area contributed by atoms with Crippen LogP contribution in [0.5, 0.6) is 0 Å². The lowest BCUT2D eigenvalue weighted by Crippen LogP contribution is -2.32. The molecule has 0 aliphatic heterocycles. The Kier molecular flexibility index (Phi) is 6.35. The first-order valence-corrected chi connectivity index (χ1v) is 11.8. The number of benzene rings is 3. The Morgan fingerprint density at radius 2 is 1.65 bits per heavy atom. The van der Waals surface area contributed by atoms with Gasteiger partial charge in [0.25, 0.3) is 17.2 Å². The summed E-state index contributed by atoms with van der Waals surface area (Å²) in [5.74, 6) is 0.131. The van der Waals surface area contributed by atoms with Gasteiger partial charge in [-0.25, -0.2) is 4.98 Å². The first-order valence-electron chi connectivity index (χ1n) is 11.8. The fourth-order valence-corrected chi connectivity index (χ4v) is 4.24. The van der Waals surface area contributed by atoms with E-state index >= 15 is 0 Å². The van der Waals surface area contributed by atoms with Gasteiger partial charge in [0.2, 0.25) is 5.95 Å². The van der Waals surface area contributed by atoms with Crippen molar-refractivity contribution in [2.24, 2.45) is 0 Å². The molecule has 0 saturated carbocycles. The topological polar surface area (TPSA) is 107 Å². The third-order valence-corrected chi connectivity index (χ3v) is 6.31. The molecule has 2 heterocycles. The highest BCUT2D eigenvalue weighted by atomic mass is 16.2. The summed E-state index contributed by atoms with van der Waals surface area (Å²) in [6.07, 6.45) is 0.437. The summed E-state index contributed by atoms with van der Waals surface area (Å²) >= 11 is 0. The van der Waals surface area contributed by atoms with Crippen LogP contribution in [0.4, 0.5) is 5.95 Å². The number of carbonyl (C=O) groups excluding carboxylic acids is 1. The van der Waals surface area contributed by atoms with Crippen LogP contribution in [0, 0.1) is 25.2 Å². The van der Waals surface area contributed by atoms with Crippen LogP contribution in [0.1, 0.15) is 43.9 Å². The van der Waals surface area contributed by atoms with Crippen LogP contribution in [0.2, 0.25) is 0 Å². The molecule has 0 radical (unpaired) electrons. The zero-order chi connectivity index (χ0) is 25.9. The highest BCUT2D eigenvalue weighted by Crippen LogP contribution is 2.20. The summed E-state index contributed by atoms with van der Waals surface area (Å²) in [6, 6.07) is 26.1. The summed E-state index contributed by atoms with van der Waals surface area (Å²) < 4.78 is 1.29. The van der Waals surface area contributed by atoms with Gasteiger partial charge < -0.3 is 0 Å². The summed E-state index contributed by atoms with van der Waals surface area (Å²) in [5, 5.41) is 12.1. The molecule has 0 bridgehead atoms. The number of aromatic amines is 1. The number of hydrogen-bond donors (Lipinski definition) is 1. The monoisotopic (exact) mass is 488 g/mol. The van der Waals surface area contributed by atoms with Crippen molar-refractivity contribution in [3.05, 3.63) is 128 Å². The number of nitrogens with one attached hydrogen (secondary N) is 1. The second-order valence-corrected chi connectivity index (χ2v) is 8.84. The minimum atomic E-state index is -0.268. The Labute approximate surface area is 213 Å². The molecule has 5 aromatic rings. The summed E-state index contributed by atoms with van der Waals surface area (Å²) in [4.78, 5) is 37.8. The molecule has 8 heteroatoms. The normalized spacial score (nSPS) is 10.8. The molecule has 37 heavy (non-hydrogen) atoms. The number of anilines is 1. The Morgan fingerprint density at radius 1 is 0.946 bits per heavy atom. The van der Waals surface area contributed by atoms with Gasteiger partial charge in [-0.1, -0.05) is 60.7 Å². The number of rotatable bonds is 6. The second kappa shape index (κ2) is 9.91. The smallest absolute Gasteiger partial charge is 0.272 e. The lowest BCUT2D eigenvalue weighted by molar-refractivity contribution is 0.0983. The van der Waals surface area contributed by atoms with E-state index in [1.165, 1.54) is 9.42 Å². The molecule has 3 aromatic carbocycles. The average molecular weight is 489 g/mol. The molecule has 5 rings (SSSR count). The van der Waals surface area contributed by atoms with E-state index < -0.39 is 0 Å². The highest BCUT2D eigenvalue weighted by Gasteiger charge is 2.24. The predicted molar refractivity (Wildman–Crippen MR) is 140 cm³/mol. The molecule has 2 aromatic heterocycles. The van der Waals surface area contributed by atoms with Gasteiger partial charge >= 0.3 is 0 Å². The van der Waals surface area contributed by atoms with E-state index in [-0.39, 0.29) is 29.7 Å². The molecule has 0 aliphatic carbocycles. The van der Waals surface area contributed by atoms with Crippen LogP contribution in [-0.2, 0) is 13.0 Å². The van der Waals surface area contributed by atoms with Crippen molar-refractivity contribution in [2.45, 2.75) is 26.8 Å². The fraction of sp³-hybridized carbons (Fsp3) is 0.138. The predicted octanol–water partition coefficient (Wildman–Crippen LogP) is 4.34. The lowest BCUT2D eigenvalue weighted by atomic mass is 10.1. The van der Waals surface area contributed by atoms with Gasteiger partial charge in [0.05, 0.1) is 23.9 Å². The first-order chi connectivity index (χ1) is 17.9. The number of aromatic nitrogens is 4. The van der Waals surface area contributed by atoms with Crippen molar-refractivity contribution >= 4 is 17.6 Å². The van der Waals surface area contributed by atoms with Crippen molar-refractivity contribution in [1.82, 2.24) is 19.6 Å². The van der Waals surface area contributed by atoms with Crippen molar-refractivity contribution in [3.63, 3.8) is 0 Å². The van der Waals surface area contributed by atoms with Gasteiger partial charge in [0.15, 0.2) is 0 Å². The molecule has 8 nitrogen and oxygen atoms in total. The van der Waals surface area contributed by atoms with Crippen LogP contribution in [0.15, 0.2) is 83.7 Å². The van der Waals surface area contributed by atoms with E-state index in [1.807, 2.05) is 55.5 Å². The number of aryl methyl sites for hydroxylation is 2. The van der Waals surface area contributed by atoms with Gasteiger partial charge in [0, 0.05) is 17.5 Å². The number of nitriles is 1. The van der Waals surface area contributed by atoms with Crippen molar-refractivity contribution < 1.29 is 4.79 Å². The minimum absolute atomic E-state index is 0.184. The number of nitrogens with zero attached hydrogens (tertiary/aromatic N) is 5. The van der Waals surface area contributed by atoms with Crippen LogP contribution in [-0.4, -0.2) is 25.5 Å². The molecule has 1 amide bonds. The van der Waals surface area contributed by atoms with E-state index in [0.29, 0.717) is 28.8 Å². The third kappa shape index (κ3) is 4.75. The second-order valence-electron chi connectivity index (χ2n) is 8.84. The summed E-state index contributed by atoms with van der Waals surface area (Å²) in [5.41, 5.74) is 4.58. The van der Waals surface area contributed by atoms with Gasteiger partial charge in [-0.2, -0.15) is 14.8 Å². The Hall–Kier alpha value is -5.03. The molecule has 0 aliphatic rings.